The largest absolute Gasteiger partial charge is 0.481 e. The summed E-state index contributed by atoms with van der Waals surface area (Å²) in [6.07, 6.45) is 2.63. The Balaban J connectivity index is 1.23. The summed E-state index contributed by atoms with van der Waals surface area (Å²) in [7, 11) is 0. The third-order valence-corrected chi connectivity index (χ3v) is 18.9. The zero-order valence-electron chi connectivity index (χ0n) is 63.4. The van der Waals surface area contributed by atoms with Gasteiger partial charge in [-0.2, -0.15) is 37.9 Å². The van der Waals surface area contributed by atoms with Crippen molar-refractivity contribution in [1.29, 1.82) is 5.41 Å². The maximum atomic E-state index is 14.9. The number of carbonyl (C=O) groups is 15. The fourth-order valence-electron chi connectivity index (χ4n) is 11.7. The van der Waals surface area contributed by atoms with Crippen molar-refractivity contribution in [1.82, 2.24) is 89.1 Å². The number of guanidine groups is 1. The van der Waals surface area contributed by atoms with Gasteiger partial charge in [0.1, 0.15) is 66.5 Å². The van der Waals surface area contributed by atoms with Gasteiger partial charge in [-0.05, 0) is 60.4 Å². The molecular formula is C74H101N21O16S3. The highest BCUT2D eigenvalue weighted by Crippen LogP contribution is 2.23. The number of aromatic nitrogens is 4. The van der Waals surface area contributed by atoms with Gasteiger partial charge in [0.15, 0.2) is 5.96 Å². The van der Waals surface area contributed by atoms with E-state index in [9.17, 15) is 77.0 Å². The van der Waals surface area contributed by atoms with Gasteiger partial charge >= 0.3 is 5.97 Å². The van der Waals surface area contributed by atoms with Gasteiger partial charge in [0.2, 0.25) is 82.7 Å². The zero-order chi connectivity index (χ0) is 83.9. The molecule has 0 radical (unpaired) electrons. The van der Waals surface area contributed by atoms with Crippen LogP contribution >= 0.6 is 37.9 Å². The number of aliphatic carboxylic acids is 1. The Labute approximate surface area is 672 Å². The molecule has 0 fully saturated rings. The van der Waals surface area contributed by atoms with E-state index in [4.69, 9.17) is 22.6 Å². The lowest BCUT2D eigenvalue weighted by Gasteiger charge is -2.28. The van der Waals surface area contributed by atoms with E-state index >= 15 is 0 Å². The smallest absolute Gasteiger partial charge is 0.303 e. The van der Waals surface area contributed by atoms with Crippen LogP contribution in [0.15, 0.2) is 104 Å². The third kappa shape index (κ3) is 29.1. The number of thiol groups is 3. The van der Waals surface area contributed by atoms with Crippen LogP contribution in [0.5, 0.6) is 0 Å². The van der Waals surface area contributed by atoms with Crippen molar-refractivity contribution in [3.05, 3.63) is 126 Å². The lowest BCUT2D eigenvalue weighted by Crippen LogP contribution is -2.61. The number of para-hydroxylation sites is 2. The molecule has 0 saturated heterocycles. The summed E-state index contributed by atoms with van der Waals surface area (Å²) >= 11 is 12.7. The number of hydrogen-bond acceptors (Lipinski definition) is 20. The van der Waals surface area contributed by atoms with Crippen LogP contribution in [0.1, 0.15) is 95.5 Å². The minimum absolute atomic E-state index is 0.0264. The van der Waals surface area contributed by atoms with Gasteiger partial charge < -0.3 is 106 Å². The summed E-state index contributed by atoms with van der Waals surface area (Å²) in [4.78, 5) is 221. The van der Waals surface area contributed by atoms with E-state index in [1.165, 1.54) is 12.5 Å². The van der Waals surface area contributed by atoms with Crippen LogP contribution in [-0.4, -0.2) is 216 Å². The van der Waals surface area contributed by atoms with E-state index in [0.717, 1.165) is 0 Å². The number of carbonyl (C=O) groups excluding carboxylic acids is 14. The van der Waals surface area contributed by atoms with Crippen molar-refractivity contribution in [2.24, 2.45) is 28.5 Å². The molecule has 0 saturated carbocycles. The number of carboxylic acids is 1. The van der Waals surface area contributed by atoms with Gasteiger partial charge in [0, 0.05) is 102 Å². The quantitative estimate of drug-likeness (QED) is 0.00810. The highest BCUT2D eigenvalue weighted by Gasteiger charge is 2.38. The van der Waals surface area contributed by atoms with Gasteiger partial charge in [0.05, 0.1) is 25.0 Å². The summed E-state index contributed by atoms with van der Waals surface area (Å²) < 4.78 is 0. The molecule has 24 N–H and O–H groups in total. The van der Waals surface area contributed by atoms with E-state index in [-0.39, 0.29) is 68.9 Å². The first-order chi connectivity index (χ1) is 54.1. The lowest BCUT2D eigenvalue weighted by atomic mass is 9.95. The number of benzene rings is 3. The number of imidazole rings is 1. The second-order valence-corrected chi connectivity index (χ2v) is 29.5. The summed E-state index contributed by atoms with van der Waals surface area (Å²) in [6, 6.07) is 5.73. The number of rotatable bonds is 46. The summed E-state index contributed by atoms with van der Waals surface area (Å²) in [5, 5.41) is 52.0. The molecule has 11 atom stereocenters. The number of fused-ring (bicyclic) bond motifs is 2. The number of amides is 14. The molecule has 14 amide bonds. The molecule has 6 aromatic rings. The van der Waals surface area contributed by atoms with Crippen molar-refractivity contribution in [2.45, 2.75) is 165 Å². The Kier molecular flexibility index (Phi) is 35.6. The number of nitrogens with zero attached hydrogens (tertiary/aromatic N) is 1. The number of H-pyrrole nitrogens is 3. The van der Waals surface area contributed by atoms with E-state index in [2.05, 4.69) is 127 Å². The summed E-state index contributed by atoms with van der Waals surface area (Å²) in [6.45, 7) is 7.61. The normalized spacial score (nSPS) is 14.2. The van der Waals surface area contributed by atoms with Crippen molar-refractivity contribution in [3.8, 4) is 0 Å². The molecule has 114 heavy (non-hydrogen) atoms. The SMILES string of the molecule is CC(C)C[C@H](NC(=O)[C@H](Cc1c[nH]c2ccccc12)NC(=O)[C@H](Cc1c[nH]cn1)NC(=O)[C@H](CS)NC(=O)C(C)(C)C)C(=O)N[C@@H](CCC(=O)O)C(=O)N[C@@H](CC(N)=O)C(=O)N[C@@H](CS)C(=O)N[C@@H](Cc1c[nH]c2ccccc12)C(=O)N[C@@H](CCCNC(=N)N)C(=O)NCC(=O)N[C@@H](Cc1ccccc1)C(=O)N[C@@H](CS)C(N)=O. The van der Waals surface area contributed by atoms with Crippen LogP contribution < -0.4 is 86.3 Å². The molecule has 0 spiro atoms. The summed E-state index contributed by atoms with van der Waals surface area (Å²) in [5.74, 6) is -16.4. The number of nitrogens with two attached hydrogens (primary N) is 3. The fourth-order valence-corrected chi connectivity index (χ4v) is 12.5. The average molecular weight is 1640 g/mol. The van der Waals surface area contributed by atoms with Crippen molar-refractivity contribution in [3.63, 3.8) is 0 Å². The monoisotopic (exact) mass is 1640 g/mol. The average Bonchev–Trinajstić information content (AvgIpc) is 1.67. The number of aromatic amines is 3. The maximum absolute atomic E-state index is 14.9. The van der Waals surface area contributed by atoms with Crippen LogP contribution in [0.25, 0.3) is 21.8 Å². The van der Waals surface area contributed by atoms with Crippen LogP contribution in [0.2, 0.25) is 0 Å². The predicted molar refractivity (Wildman–Crippen MR) is 430 cm³/mol. The third-order valence-electron chi connectivity index (χ3n) is 17.8. The predicted octanol–water partition coefficient (Wildman–Crippen LogP) is -2.54. The number of hydrogen-bond donors (Lipinski definition) is 24. The molecule has 0 aliphatic heterocycles. The van der Waals surface area contributed by atoms with E-state index in [1.54, 1.807) is 126 Å². The zero-order valence-corrected chi connectivity index (χ0v) is 66.1. The molecule has 3 aromatic carbocycles. The Morgan fingerprint density at radius 2 is 0.912 bits per heavy atom. The minimum Gasteiger partial charge on any atom is -0.481 e. The molecule has 40 heteroatoms. The molecule has 0 aliphatic rings. The molecule has 3 aromatic heterocycles. The fraction of sp³-hybridized carbons (Fsp3) is 0.446. The Bertz CT molecular complexity index is 4380. The molecule has 0 aliphatic carbocycles. The van der Waals surface area contributed by atoms with Gasteiger partial charge in [-0.1, -0.05) is 101 Å². The Morgan fingerprint density at radius 3 is 1.39 bits per heavy atom. The lowest BCUT2D eigenvalue weighted by molar-refractivity contribution is -0.139. The minimum atomic E-state index is -1.97. The molecule has 0 unspecified atom stereocenters. The van der Waals surface area contributed by atoms with Crippen LogP contribution in [0.3, 0.4) is 0 Å². The number of carboxylic acid groups (broad SMARTS) is 1. The topological polar surface area (TPSA) is 595 Å². The molecular weight excluding hydrogens is 1540 g/mol. The van der Waals surface area contributed by atoms with Crippen molar-refractivity contribution in [2.75, 3.05) is 30.3 Å². The first kappa shape index (κ1) is 91.2. The second-order valence-electron chi connectivity index (χ2n) is 28.4. The molecule has 616 valence electrons. The Morgan fingerprint density at radius 1 is 0.482 bits per heavy atom. The first-order valence-corrected chi connectivity index (χ1v) is 38.4. The highest BCUT2D eigenvalue weighted by molar-refractivity contribution is 7.80. The van der Waals surface area contributed by atoms with Crippen molar-refractivity contribution < 1.29 is 77.0 Å². The van der Waals surface area contributed by atoms with Crippen LogP contribution in [-0.2, 0) is 97.6 Å². The van der Waals surface area contributed by atoms with Gasteiger partial charge in [-0.25, -0.2) is 4.98 Å². The molecule has 0 bridgehead atoms. The van der Waals surface area contributed by atoms with Crippen molar-refractivity contribution >= 4 is 154 Å². The maximum Gasteiger partial charge on any atom is 0.303 e. The van der Waals surface area contributed by atoms with Gasteiger partial charge in [-0.15, -0.1) is 0 Å². The van der Waals surface area contributed by atoms with Gasteiger partial charge in [0.25, 0.3) is 0 Å². The number of primary amides is 2. The second kappa shape index (κ2) is 44.5. The van der Waals surface area contributed by atoms with E-state index < -0.39 is 198 Å². The molecule has 3 heterocycles. The van der Waals surface area contributed by atoms with Gasteiger partial charge in [-0.3, -0.25) is 77.3 Å². The van der Waals surface area contributed by atoms with Crippen LogP contribution in [0.4, 0.5) is 0 Å². The highest BCUT2D eigenvalue weighted by atomic mass is 32.1. The van der Waals surface area contributed by atoms with Crippen LogP contribution in [0, 0.1) is 16.7 Å². The summed E-state index contributed by atoms with van der Waals surface area (Å²) in [5.41, 5.74) is 18.9. The number of nitrogens with one attached hydrogen (secondary N) is 17. The Hall–Kier alpha value is -11.7. The molecule has 6 rings (SSSR count). The van der Waals surface area contributed by atoms with E-state index in [0.29, 0.717) is 44.2 Å². The van der Waals surface area contributed by atoms with E-state index in [1.807, 2.05) is 0 Å². The first-order valence-electron chi connectivity index (χ1n) is 36.5. The molecule has 37 nitrogen and oxygen atoms in total. The standard InChI is InChI=1S/C74H101N21O16S3/c1-38(2)24-49(88-67(106)52(27-41-31-82-46-19-12-10-17-44(41)46)89-68(107)53(28-42-32-79-37-84-42)91-71(110)57(36-114)95-72(111)74(3,4)5)64(103)87-48(21-22-60(98)99)63(102)92-54(29-58(75)96)69(108)94-56(35-113)70(109)90-51(26-40-30-81-45-18-11-9-16-43(40)45)66(105)86-47(20-13-23-80-73(77)78)62(101)83-33-59(97)85-50(25-39-14-7-6-8-15-39)65(104)93-55(34-112)61(76)100/h6-12,14-19,30-32,37-38,47-57,81-82,112-114H,13,20-29,33-36H2,1-5H3,(H2,75,96)(H2,76,100)(H,79,84)(H,83,101)(H,85,97)(H,86,105)(H,87,103)(H,88,106)(H,89,107)(H,90,109)(H,91,110)(H,92,102)(H,93,104)(H,94,108)(H,95,111)(H,98,99)(H4,77,78,80)/t47-,48-,49-,50-,51-,52-,53-,54-,55-,56-,57-/m0/s1.